The third kappa shape index (κ3) is 4.81. The zero-order chi connectivity index (χ0) is 36.7. The fourth-order valence-corrected chi connectivity index (χ4v) is 9.31. The lowest BCUT2D eigenvalue weighted by atomic mass is 9.81. The average molecular weight is 704 g/mol. The molecule has 55 heavy (non-hydrogen) atoms. The van der Waals surface area contributed by atoms with Gasteiger partial charge in [-0.25, -0.2) is 0 Å². The summed E-state index contributed by atoms with van der Waals surface area (Å²) in [5.74, 6) is 0. The maximum absolute atomic E-state index is 6.56. The van der Waals surface area contributed by atoms with Gasteiger partial charge in [-0.1, -0.05) is 159 Å². The SMILES string of the molecule is CC1(C)c2ccccc2-c2cccc(N(c3ccc(-c4cccc5oc6c7ccccc7ccc6c45)cc3)c3cccc(-c4cccc5ccccc45)c3)c21. The molecule has 0 atom stereocenters. The van der Waals surface area contributed by atoms with Crippen LogP contribution in [0.2, 0.25) is 0 Å². The van der Waals surface area contributed by atoms with E-state index in [0.29, 0.717) is 0 Å². The van der Waals surface area contributed by atoms with Gasteiger partial charge in [0.15, 0.2) is 0 Å². The molecule has 0 aliphatic heterocycles. The standard InChI is InChI=1S/C53H37NO/c1-53(2)47-24-8-7-20-44(47)45-23-11-25-48(51(45)53)54(39-17-9-16-37(33-39)41-21-10-15-34-13-3-5-18-40(34)41)38-30-27-36(28-31-38)42-22-12-26-49-50(42)46-32-29-35-14-4-6-19-43(35)52(46)55-49/h3-33H,1-2H3. The van der Waals surface area contributed by atoms with Crippen LogP contribution in [-0.2, 0) is 5.41 Å². The molecular weight excluding hydrogens is 667 g/mol. The zero-order valence-corrected chi connectivity index (χ0v) is 30.8. The number of anilines is 3. The first kappa shape index (κ1) is 31.6. The predicted octanol–water partition coefficient (Wildman–Crippen LogP) is 15.0. The highest BCUT2D eigenvalue weighted by Crippen LogP contribution is 2.54. The van der Waals surface area contributed by atoms with Gasteiger partial charge in [-0.05, 0) is 103 Å². The van der Waals surface area contributed by atoms with Crippen LogP contribution in [0.4, 0.5) is 17.1 Å². The number of benzene rings is 9. The summed E-state index contributed by atoms with van der Waals surface area (Å²) in [6.45, 7) is 4.74. The zero-order valence-electron chi connectivity index (χ0n) is 30.8. The molecule has 1 aliphatic rings. The Morgan fingerprint density at radius 3 is 1.96 bits per heavy atom. The van der Waals surface area contributed by atoms with Crippen LogP contribution in [0.1, 0.15) is 25.0 Å². The van der Waals surface area contributed by atoms with Crippen molar-refractivity contribution in [2.75, 3.05) is 4.90 Å². The molecule has 0 amide bonds. The van der Waals surface area contributed by atoms with Crippen molar-refractivity contribution in [1.82, 2.24) is 0 Å². The van der Waals surface area contributed by atoms with Crippen molar-refractivity contribution >= 4 is 60.5 Å². The average Bonchev–Trinajstić information content (AvgIpc) is 3.74. The first-order valence-corrected chi connectivity index (χ1v) is 19.1. The van der Waals surface area contributed by atoms with Gasteiger partial charge in [0.1, 0.15) is 11.2 Å². The Morgan fingerprint density at radius 2 is 1.09 bits per heavy atom. The lowest BCUT2D eigenvalue weighted by Crippen LogP contribution is -2.20. The Balaban J connectivity index is 1.10. The second kappa shape index (κ2) is 12.1. The molecule has 2 nitrogen and oxygen atoms in total. The van der Waals surface area contributed by atoms with Crippen molar-refractivity contribution in [3.8, 4) is 33.4 Å². The van der Waals surface area contributed by atoms with Crippen molar-refractivity contribution in [2.24, 2.45) is 0 Å². The predicted molar refractivity (Wildman–Crippen MR) is 232 cm³/mol. The lowest BCUT2D eigenvalue weighted by Gasteiger charge is -2.32. The number of nitrogens with zero attached hydrogens (tertiary/aromatic N) is 1. The summed E-state index contributed by atoms with van der Waals surface area (Å²) in [5, 5.41) is 7.11. The van der Waals surface area contributed by atoms with Crippen LogP contribution >= 0.6 is 0 Å². The minimum Gasteiger partial charge on any atom is -0.455 e. The monoisotopic (exact) mass is 703 g/mol. The number of fused-ring (bicyclic) bond motifs is 9. The Kier molecular flexibility index (Phi) is 6.93. The molecule has 0 saturated carbocycles. The first-order chi connectivity index (χ1) is 27.0. The Bertz CT molecular complexity index is 3120. The molecule has 2 heteroatoms. The Morgan fingerprint density at radius 1 is 0.436 bits per heavy atom. The van der Waals surface area contributed by atoms with E-state index < -0.39 is 0 Å². The van der Waals surface area contributed by atoms with Crippen molar-refractivity contribution in [3.63, 3.8) is 0 Å². The minimum atomic E-state index is -0.184. The molecule has 0 fully saturated rings. The summed E-state index contributed by atoms with van der Waals surface area (Å²) in [6.07, 6.45) is 0. The van der Waals surface area contributed by atoms with E-state index >= 15 is 0 Å². The summed E-state index contributed by atoms with van der Waals surface area (Å²) < 4.78 is 6.56. The normalized spacial score (nSPS) is 13.1. The molecule has 0 saturated heterocycles. The molecule has 0 radical (unpaired) electrons. The van der Waals surface area contributed by atoms with E-state index in [2.05, 4.69) is 207 Å². The van der Waals surface area contributed by atoms with E-state index in [9.17, 15) is 0 Å². The van der Waals surface area contributed by atoms with Crippen LogP contribution in [0, 0.1) is 0 Å². The highest BCUT2D eigenvalue weighted by Gasteiger charge is 2.38. The van der Waals surface area contributed by atoms with Crippen LogP contribution < -0.4 is 4.90 Å². The molecule has 0 spiro atoms. The molecule has 1 aliphatic carbocycles. The van der Waals surface area contributed by atoms with E-state index in [1.54, 1.807) is 0 Å². The van der Waals surface area contributed by atoms with E-state index in [0.717, 1.165) is 44.3 Å². The highest BCUT2D eigenvalue weighted by atomic mass is 16.3. The van der Waals surface area contributed by atoms with Gasteiger partial charge in [-0.2, -0.15) is 0 Å². The third-order valence-electron chi connectivity index (χ3n) is 11.8. The molecule has 1 aromatic heterocycles. The van der Waals surface area contributed by atoms with Gasteiger partial charge in [0.05, 0.1) is 5.69 Å². The van der Waals surface area contributed by atoms with Crippen molar-refractivity contribution in [1.29, 1.82) is 0 Å². The number of hydrogen-bond donors (Lipinski definition) is 0. The molecule has 0 bridgehead atoms. The van der Waals surface area contributed by atoms with Crippen molar-refractivity contribution in [3.05, 3.63) is 199 Å². The third-order valence-corrected chi connectivity index (χ3v) is 11.8. The maximum atomic E-state index is 6.56. The topological polar surface area (TPSA) is 16.4 Å². The van der Waals surface area contributed by atoms with Gasteiger partial charge < -0.3 is 9.32 Å². The van der Waals surface area contributed by atoms with E-state index in [4.69, 9.17) is 4.42 Å². The summed E-state index contributed by atoms with van der Waals surface area (Å²) in [7, 11) is 0. The molecule has 260 valence electrons. The second-order valence-electron chi connectivity index (χ2n) is 15.3. The van der Waals surface area contributed by atoms with E-state index in [1.807, 2.05) is 0 Å². The van der Waals surface area contributed by atoms with Gasteiger partial charge in [0.2, 0.25) is 0 Å². The quantitative estimate of drug-likeness (QED) is 0.177. The fourth-order valence-electron chi connectivity index (χ4n) is 9.31. The van der Waals surface area contributed by atoms with Crippen molar-refractivity contribution in [2.45, 2.75) is 19.3 Å². The molecule has 10 aromatic rings. The van der Waals surface area contributed by atoms with Gasteiger partial charge in [-0.15, -0.1) is 0 Å². The van der Waals surface area contributed by atoms with Crippen LogP contribution in [0.15, 0.2) is 192 Å². The number of hydrogen-bond acceptors (Lipinski definition) is 2. The van der Waals surface area contributed by atoms with Crippen LogP contribution in [0.25, 0.3) is 76.9 Å². The molecule has 0 N–H and O–H groups in total. The first-order valence-electron chi connectivity index (χ1n) is 19.1. The summed E-state index contributed by atoms with van der Waals surface area (Å²) in [5.41, 5.74) is 15.1. The highest BCUT2D eigenvalue weighted by molar-refractivity contribution is 6.19. The van der Waals surface area contributed by atoms with Gasteiger partial charge >= 0.3 is 0 Å². The van der Waals surface area contributed by atoms with E-state index in [-0.39, 0.29) is 5.41 Å². The summed E-state index contributed by atoms with van der Waals surface area (Å²) >= 11 is 0. The van der Waals surface area contributed by atoms with Gasteiger partial charge in [-0.3, -0.25) is 0 Å². The summed E-state index contributed by atoms with van der Waals surface area (Å²) in [6, 6.07) is 68.4. The minimum absolute atomic E-state index is 0.184. The van der Waals surface area contributed by atoms with Crippen LogP contribution in [0.3, 0.4) is 0 Å². The Labute approximate surface area is 320 Å². The smallest absolute Gasteiger partial charge is 0.143 e. The largest absolute Gasteiger partial charge is 0.455 e. The second-order valence-corrected chi connectivity index (χ2v) is 15.3. The van der Waals surface area contributed by atoms with Crippen LogP contribution in [-0.4, -0.2) is 0 Å². The maximum Gasteiger partial charge on any atom is 0.143 e. The van der Waals surface area contributed by atoms with Crippen LogP contribution in [0.5, 0.6) is 0 Å². The molecule has 9 aromatic carbocycles. The molecular formula is C53H37NO. The van der Waals surface area contributed by atoms with E-state index in [1.165, 1.54) is 60.8 Å². The molecule has 1 heterocycles. The van der Waals surface area contributed by atoms with Gasteiger partial charge in [0, 0.05) is 32.9 Å². The Hall–Kier alpha value is -6.90. The fraction of sp³-hybridized carbons (Fsp3) is 0.0566. The number of rotatable bonds is 5. The molecule has 11 rings (SSSR count). The van der Waals surface area contributed by atoms with Gasteiger partial charge in [0.25, 0.3) is 0 Å². The summed E-state index contributed by atoms with van der Waals surface area (Å²) in [4.78, 5) is 2.46. The lowest BCUT2D eigenvalue weighted by molar-refractivity contribution is 0.661. The molecule has 0 unspecified atom stereocenters. The number of furan rings is 1. The van der Waals surface area contributed by atoms with Crippen molar-refractivity contribution < 1.29 is 4.42 Å².